The number of amides is 1. The average molecular weight is 205 g/mol. The molecule has 0 atom stereocenters. The molecule has 1 rings (SSSR count). The van der Waals surface area contributed by atoms with E-state index in [1.54, 1.807) is 14.0 Å². The fourth-order valence-electron chi connectivity index (χ4n) is 1.28. The van der Waals surface area contributed by atoms with Crippen molar-refractivity contribution in [2.45, 2.75) is 6.92 Å². The van der Waals surface area contributed by atoms with Gasteiger partial charge in [0.15, 0.2) is 0 Å². The quantitative estimate of drug-likeness (QED) is 0.675. The number of nitrogens with zero attached hydrogens (tertiary/aromatic N) is 1. The van der Waals surface area contributed by atoms with Crippen molar-refractivity contribution in [1.29, 1.82) is 0 Å². The summed E-state index contributed by atoms with van der Waals surface area (Å²) in [5, 5.41) is 0. The average Bonchev–Trinajstić information content (AvgIpc) is 2.17. The summed E-state index contributed by atoms with van der Waals surface area (Å²) in [7, 11) is 1.62. The maximum absolute atomic E-state index is 12.8. The van der Waals surface area contributed by atoms with Crippen LogP contribution in [0.3, 0.4) is 0 Å². The Morgan fingerprint density at radius 3 is 2.80 bits per heavy atom. The van der Waals surface area contributed by atoms with E-state index in [2.05, 4.69) is 5.92 Å². The van der Waals surface area contributed by atoms with Gasteiger partial charge in [-0.05, 0) is 30.7 Å². The predicted octanol–water partition coefficient (Wildman–Crippen LogP) is 1.84. The van der Waals surface area contributed by atoms with Crippen molar-refractivity contribution in [1.82, 2.24) is 4.90 Å². The van der Waals surface area contributed by atoms with Crippen LogP contribution in [0.5, 0.6) is 0 Å². The Morgan fingerprint density at radius 2 is 2.27 bits per heavy atom. The summed E-state index contributed by atoms with van der Waals surface area (Å²) in [6.45, 7) is 1.94. The van der Waals surface area contributed by atoms with Crippen molar-refractivity contribution in [3.63, 3.8) is 0 Å². The summed E-state index contributed by atoms with van der Waals surface area (Å²) < 4.78 is 12.8. The zero-order valence-electron chi connectivity index (χ0n) is 8.75. The van der Waals surface area contributed by atoms with Crippen molar-refractivity contribution in [3.05, 3.63) is 35.1 Å². The monoisotopic (exact) mass is 205 g/mol. The van der Waals surface area contributed by atoms with Gasteiger partial charge in [0.25, 0.3) is 5.91 Å². The molecule has 0 spiro atoms. The van der Waals surface area contributed by atoms with Crippen LogP contribution in [0.2, 0.25) is 0 Å². The Kier molecular flexibility index (Phi) is 3.46. The van der Waals surface area contributed by atoms with Gasteiger partial charge in [0.1, 0.15) is 5.82 Å². The van der Waals surface area contributed by atoms with Crippen LogP contribution >= 0.6 is 0 Å². The molecule has 0 aliphatic heterocycles. The zero-order chi connectivity index (χ0) is 11.4. The number of terminal acetylenes is 1. The standard InChI is InChI=1S/C12H12FNO/c1-4-7-14(3)12(15)11-6-5-10(13)8-9(11)2/h1,5-6,8H,7H2,2-3H3. The molecule has 0 heterocycles. The first-order chi connectivity index (χ1) is 7.06. The predicted molar refractivity (Wildman–Crippen MR) is 56.9 cm³/mol. The Bertz CT molecular complexity index is 420. The van der Waals surface area contributed by atoms with Gasteiger partial charge >= 0.3 is 0 Å². The van der Waals surface area contributed by atoms with Crippen molar-refractivity contribution in [2.24, 2.45) is 0 Å². The highest BCUT2D eigenvalue weighted by atomic mass is 19.1. The summed E-state index contributed by atoms with van der Waals surface area (Å²) in [4.78, 5) is 13.2. The molecule has 0 saturated heterocycles. The Labute approximate surface area is 88.7 Å². The van der Waals surface area contributed by atoms with Crippen LogP contribution in [0.4, 0.5) is 4.39 Å². The van der Waals surface area contributed by atoms with E-state index in [0.29, 0.717) is 11.1 Å². The molecule has 0 aliphatic carbocycles. The maximum Gasteiger partial charge on any atom is 0.254 e. The third-order valence-electron chi connectivity index (χ3n) is 2.09. The third kappa shape index (κ3) is 2.57. The van der Waals surface area contributed by atoms with Crippen molar-refractivity contribution >= 4 is 5.91 Å². The molecule has 0 aromatic heterocycles. The largest absolute Gasteiger partial charge is 0.331 e. The number of hydrogen-bond donors (Lipinski definition) is 0. The highest BCUT2D eigenvalue weighted by Crippen LogP contribution is 2.11. The fourth-order valence-corrected chi connectivity index (χ4v) is 1.28. The van der Waals surface area contributed by atoms with Gasteiger partial charge in [0, 0.05) is 12.6 Å². The lowest BCUT2D eigenvalue weighted by molar-refractivity contribution is 0.0812. The van der Waals surface area contributed by atoms with Crippen LogP contribution in [0, 0.1) is 25.1 Å². The van der Waals surface area contributed by atoms with Crippen LogP contribution in [-0.4, -0.2) is 24.4 Å². The van der Waals surface area contributed by atoms with E-state index >= 15 is 0 Å². The van der Waals surface area contributed by atoms with E-state index < -0.39 is 0 Å². The summed E-state index contributed by atoms with van der Waals surface area (Å²) in [5.74, 6) is 1.85. The minimum atomic E-state index is -0.344. The Hall–Kier alpha value is -1.82. The van der Waals surface area contributed by atoms with E-state index in [4.69, 9.17) is 6.42 Å². The Balaban J connectivity index is 2.97. The second-order valence-corrected chi connectivity index (χ2v) is 3.32. The minimum Gasteiger partial charge on any atom is -0.331 e. The molecule has 0 radical (unpaired) electrons. The number of rotatable bonds is 2. The van der Waals surface area contributed by atoms with Gasteiger partial charge in [0.2, 0.25) is 0 Å². The second-order valence-electron chi connectivity index (χ2n) is 3.32. The first-order valence-electron chi connectivity index (χ1n) is 4.51. The SMILES string of the molecule is C#CCN(C)C(=O)c1ccc(F)cc1C. The number of benzene rings is 1. The van der Waals surface area contributed by atoms with Gasteiger partial charge in [-0.1, -0.05) is 5.92 Å². The normalized spacial score (nSPS) is 9.47. The summed E-state index contributed by atoms with van der Waals surface area (Å²) in [6.07, 6.45) is 5.10. The van der Waals surface area contributed by atoms with Crippen molar-refractivity contribution < 1.29 is 9.18 Å². The van der Waals surface area contributed by atoms with Crippen LogP contribution in [0.15, 0.2) is 18.2 Å². The lowest BCUT2D eigenvalue weighted by atomic mass is 10.1. The van der Waals surface area contributed by atoms with Gasteiger partial charge < -0.3 is 4.90 Å². The highest BCUT2D eigenvalue weighted by molar-refractivity contribution is 5.95. The molecule has 78 valence electrons. The molecule has 0 unspecified atom stereocenters. The van der Waals surface area contributed by atoms with Gasteiger partial charge in [-0.2, -0.15) is 0 Å². The minimum absolute atomic E-state index is 0.189. The molecule has 15 heavy (non-hydrogen) atoms. The maximum atomic E-state index is 12.8. The van der Waals surface area contributed by atoms with Crippen LogP contribution in [0.25, 0.3) is 0 Å². The summed E-state index contributed by atoms with van der Waals surface area (Å²) >= 11 is 0. The molecule has 1 aromatic rings. The van der Waals surface area contributed by atoms with E-state index in [0.717, 1.165) is 0 Å². The molecule has 0 N–H and O–H groups in total. The molecule has 1 aromatic carbocycles. The molecule has 2 nitrogen and oxygen atoms in total. The molecule has 1 amide bonds. The van der Waals surface area contributed by atoms with Gasteiger partial charge in [-0.15, -0.1) is 6.42 Å². The van der Waals surface area contributed by atoms with Gasteiger partial charge in [-0.3, -0.25) is 4.79 Å². The molecular weight excluding hydrogens is 193 g/mol. The van der Waals surface area contributed by atoms with Crippen LogP contribution in [0.1, 0.15) is 15.9 Å². The van der Waals surface area contributed by atoms with Crippen LogP contribution < -0.4 is 0 Å². The van der Waals surface area contributed by atoms with Gasteiger partial charge in [-0.25, -0.2) is 4.39 Å². The molecular formula is C12H12FNO. The summed E-state index contributed by atoms with van der Waals surface area (Å²) in [6, 6.07) is 4.07. The first kappa shape index (κ1) is 11.3. The topological polar surface area (TPSA) is 20.3 Å². The number of carbonyl (C=O) groups is 1. The number of halogens is 1. The van der Waals surface area contributed by atoms with E-state index in [-0.39, 0.29) is 18.3 Å². The lowest BCUT2D eigenvalue weighted by Gasteiger charge is -2.15. The third-order valence-corrected chi connectivity index (χ3v) is 2.09. The number of aryl methyl sites for hydroxylation is 1. The molecule has 0 bridgehead atoms. The molecule has 0 saturated carbocycles. The van der Waals surface area contributed by atoms with E-state index in [9.17, 15) is 9.18 Å². The first-order valence-corrected chi connectivity index (χ1v) is 4.51. The number of hydrogen-bond acceptors (Lipinski definition) is 1. The van der Waals surface area contributed by atoms with Crippen molar-refractivity contribution in [3.8, 4) is 12.3 Å². The molecule has 0 aliphatic rings. The van der Waals surface area contributed by atoms with E-state index in [1.807, 2.05) is 0 Å². The molecule has 3 heteroatoms. The summed E-state index contributed by atoms with van der Waals surface area (Å²) in [5.41, 5.74) is 1.10. The van der Waals surface area contributed by atoms with E-state index in [1.165, 1.54) is 23.1 Å². The molecule has 0 fully saturated rings. The fraction of sp³-hybridized carbons (Fsp3) is 0.250. The Morgan fingerprint density at radius 1 is 1.60 bits per heavy atom. The lowest BCUT2D eigenvalue weighted by Crippen LogP contribution is -2.27. The van der Waals surface area contributed by atoms with Crippen molar-refractivity contribution in [2.75, 3.05) is 13.6 Å². The van der Waals surface area contributed by atoms with Gasteiger partial charge in [0.05, 0.1) is 6.54 Å². The second kappa shape index (κ2) is 4.61. The highest BCUT2D eigenvalue weighted by Gasteiger charge is 2.13. The number of carbonyl (C=O) groups excluding carboxylic acids is 1. The smallest absolute Gasteiger partial charge is 0.254 e. The zero-order valence-corrected chi connectivity index (χ0v) is 8.75. The van der Waals surface area contributed by atoms with Crippen LogP contribution in [-0.2, 0) is 0 Å².